The van der Waals surface area contributed by atoms with Gasteiger partial charge in [-0.1, -0.05) is 26.0 Å². The van der Waals surface area contributed by atoms with Crippen molar-refractivity contribution in [3.63, 3.8) is 0 Å². The fourth-order valence-electron chi connectivity index (χ4n) is 2.74. The van der Waals surface area contributed by atoms with Crippen molar-refractivity contribution < 1.29 is 14.7 Å². The van der Waals surface area contributed by atoms with Crippen LogP contribution >= 0.6 is 0 Å². The molecule has 0 unspecified atom stereocenters. The van der Waals surface area contributed by atoms with Crippen LogP contribution < -0.4 is 0 Å². The summed E-state index contributed by atoms with van der Waals surface area (Å²) >= 11 is 0. The second kappa shape index (κ2) is 6.07. The summed E-state index contributed by atoms with van der Waals surface area (Å²) in [6, 6.07) is 7.07. The summed E-state index contributed by atoms with van der Waals surface area (Å²) in [5.41, 5.74) is 1.33. The minimum absolute atomic E-state index is 0.0131. The topological polar surface area (TPSA) is 57.6 Å². The summed E-state index contributed by atoms with van der Waals surface area (Å²) < 4.78 is 0. The fraction of sp³-hybridized carbons (Fsp3) is 0.500. The van der Waals surface area contributed by atoms with E-state index in [1.807, 2.05) is 24.8 Å². The van der Waals surface area contributed by atoms with Gasteiger partial charge in [-0.3, -0.25) is 4.79 Å². The van der Waals surface area contributed by atoms with Crippen LogP contribution in [-0.2, 0) is 4.79 Å². The van der Waals surface area contributed by atoms with Gasteiger partial charge in [-0.05, 0) is 30.5 Å². The minimum Gasteiger partial charge on any atom is -0.478 e. The molecule has 0 radical (unpaired) electrons. The molecule has 1 aliphatic rings. The monoisotopic (exact) mass is 275 g/mol. The van der Waals surface area contributed by atoms with Crippen molar-refractivity contribution in [2.45, 2.75) is 32.6 Å². The van der Waals surface area contributed by atoms with Gasteiger partial charge in [0.05, 0.1) is 5.56 Å². The molecule has 1 aliphatic heterocycles. The first-order chi connectivity index (χ1) is 9.49. The summed E-state index contributed by atoms with van der Waals surface area (Å²) in [7, 11) is 0. The highest BCUT2D eigenvalue weighted by Gasteiger charge is 2.26. The van der Waals surface area contributed by atoms with Crippen molar-refractivity contribution in [2.75, 3.05) is 13.1 Å². The number of aromatic carboxylic acids is 1. The highest BCUT2D eigenvalue weighted by Crippen LogP contribution is 2.28. The van der Waals surface area contributed by atoms with E-state index in [1.54, 1.807) is 18.2 Å². The first-order valence-electron chi connectivity index (χ1n) is 7.11. The SMILES string of the molecule is CC(C)C(=O)N1CCC[C@H](c2cccc(C(=O)O)c2)C1. The van der Waals surface area contributed by atoms with E-state index in [-0.39, 0.29) is 17.7 Å². The quantitative estimate of drug-likeness (QED) is 0.922. The van der Waals surface area contributed by atoms with Gasteiger partial charge in [0.25, 0.3) is 0 Å². The lowest BCUT2D eigenvalue weighted by atomic mass is 9.89. The Morgan fingerprint density at radius 1 is 1.35 bits per heavy atom. The molecule has 0 aromatic heterocycles. The van der Waals surface area contributed by atoms with E-state index in [9.17, 15) is 9.59 Å². The number of benzene rings is 1. The van der Waals surface area contributed by atoms with E-state index < -0.39 is 5.97 Å². The molecule has 4 nitrogen and oxygen atoms in total. The molecule has 0 spiro atoms. The third kappa shape index (κ3) is 3.18. The Balaban J connectivity index is 2.14. The number of hydrogen-bond donors (Lipinski definition) is 1. The van der Waals surface area contributed by atoms with E-state index in [0.29, 0.717) is 12.1 Å². The minimum atomic E-state index is -0.905. The molecule has 108 valence electrons. The third-order valence-electron chi connectivity index (χ3n) is 3.83. The van der Waals surface area contributed by atoms with E-state index in [1.165, 1.54) is 0 Å². The summed E-state index contributed by atoms with van der Waals surface area (Å²) in [5, 5.41) is 9.06. The third-order valence-corrected chi connectivity index (χ3v) is 3.83. The van der Waals surface area contributed by atoms with Crippen LogP contribution in [0.2, 0.25) is 0 Å². The van der Waals surface area contributed by atoms with Crippen LogP contribution in [-0.4, -0.2) is 35.0 Å². The van der Waals surface area contributed by atoms with Crippen LogP contribution in [0.3, 0.4) is 0 Å². The summed E-state index contributed by atoms with van der Waals surface area (Å²) in [5.74, 6) is -0.466. The van der Waals surface area contributed by atoms with Crippen molar-refractivity contribution in [1.29, 1.82) is 0 Å². The number of likely N-dealkylation sites (tertiary alicyclic amines) is 1. The lowest BCUT2D eigenvalue weighted by Crippen LogP contribution is -2.41. The maximum absolute atomic E-state index is 12.1. The molecule has 1 heterocycles. The number of carbonyl (C=O) groups excluding carboxylic acids is 1. The molecule has 1 atom stereocenters. The Morgan fingerprint density at radius 2 is 2.10 bits per heavy atom. The van der Waals surface area contributed by atoms with Gasteiger partial charge in [0.2, 0.25) is 5.91 Å². The average Bonchev–Trinajstić information content (AvgIpc) is 2.46. The van der Waals surface area contributed by atoms with Gasteiger partial charge in [-0.25, -0.2) is 4.79 Å². The number of carboxylic acids is 1. The number of nitrogens with zero attached hydrogens (tertiary/aromatic N) is 1. The zero-order valence-corrected chi connectivity index (χ0v) is 12.0. The van der Waals surface area contributed by atoms with Gasteiger partial charge in [-0.2, -0.15) is 0 Å². The molecule has 1 aromatic carbocycles. The summed E-state index contributed by atoms with van der Waals surface area (Å²) in [6.07, 6.45) is 1.98. The van der Waals surface area contributed by atoms with Crippen LogP contribution in [0.1, 0.15) is 48.5 Å². The van der Waals surface area contributed by atoms with Crippen molar-refractivity contribution >= 4 is 11.9 Å². The van der Waals surface area contributed by atoms with Crippen molar-refractivity contribution in [3.05, 3.63) is 35.4 Å². The van der Waals surface area contributed by atoms with Crippen LogP contribution in [0.5, 0.6) is 0 Å². The lowest BCUT2D eigenvalue weighted by Gasteiger charge is -2.34. The number of hydrogen-bond acceptors (Lipinski definition) is 2. The Hall–Kier alpha value is -1.84. The number of carboxylic acid groups (broad SMARTS) is 1. The fourth-order valence-corrected chi connectivity index (χ4v) is 2.74. The van der Waals surface area contributed by atoms with Gasteiger partial charge >= 0.3 is 5.97 Å². The van der Waals surface area contributed by atoms with Crippen LogP contribution in [0.15, 0.2) is 24.3 Å². The zero-order valence-electron chi connectivity index (χ0n) is 12.0. The Labute approximate surface area is 119 Å². The molecule has 0 saturated carbocycles. The van der Waals surface area contributed by atoms with Crippen molar-refractivity contribution in [3.8, 4) is 0 Å². The average molecular weight is 275 g/mol. The highest BCUT2D eigenvalue weighted by atomic mass is 16.4. The van der Waals surface area contributed by atoms with Gasteiger partial charge in [0.15, 0.2) is 0 Å². The molecular formula is C16H21NO3. The molecule has 1 amide bonds. The van der Waals surface area contributed by atoms with Crippen molar-refractivity contribution in [2.24, 2.45) is 5.92 Å². The van der Waals surface area contributed by atoms with E-state index >= 15 is 0 Å². The number of rotatable bonds is 3. The van der Waals surface area contributed by atoms with Gasteiger partial charge in [-0.15, -0.1) is 0 Å². The van der Waals surface area contributed by atoms with E-state index in [4.69, 9.17) is 5.11 Å². The second-order valence-corrected chi connectivity index (χ2v) is 5.71. The molecule has 1 saturated heterocycles. The van der Waals surface area contributed by atoms with Crippen LogP contribution in [0.25, 0.3) is 0 Å². The summed E-state index contributed by atoms with van der Waals surface area (Å²) in [6.45, 7) is 5.33. The molecule has 1 fully saturated rings. The van der Waals surface area contributed by atoms with Gasteiger partial charge in [0.1, 0.15) is 0 Å². The second-order valence-electron chi connectivity index (χ2n) is 5.71. The van der Waals surface area contributed by atoms with E-state index in [2.05, 4.69) is 0 Å². The molecule has 2 rings (SSSR count). The zero-order chi connectivity index (χ0) is 14.7. The van der Waals surface area contributed by atoms with Gasteiger partial charge < -0.3 is 10.0 Å². The Bertz CT molecular complexity index is 510. The standard InChI is InChI=1S/C16H21NO3/c1-11(2)15(18)17-8-4-7-14(10-17)12-5-3-6-13(9-12)16(19)20/h3,5-6,9,11,14H,4,7-8,10H2,1-2H3,(H,19,20)/t14-/m0/s1. The lowest BCUT2D eigenvalue weighted by molar-refractivity contribution is -0.135. The van der Waals surface area contributed by atoms with Gasteiger partial charge in [0, 0.05) is 24.9 Å². The summed E-state index contributed by atoms with van der Waals surface area (Å²) in [4.78, 5) is 25.0. The first-order valence-corrected chi connectivity index (χ1v) is 7.11. The largest absolute Gasteiger partial charge is 0.478 e. The predicted molar refractivity (Wildman–Crippen MR) is 76.8 cm³/mol. The maximum atomic E-state index is 12.1. The Kier molecular flexibility index (Phi) is 4.42. The normalized spacial score (nSPS) is 19.1. The molecular weight excluding hydrogens is 254 g/mol. The number of amides is 1. The molecule has 1 aromatic rings. The molecule has 1 N–H and O–H groups in total. The van der Waals surface area contributed by atoms with E-state index in [0.717, 1.165) is 24.9 Å². The smallest absolute Gasteiger partial charge is 0.335 e. The van der Waals surface area contributed by atoms with Crippen LogP contribution in [0, 0.1) is 5.92 Å². The molecule has 0 aliphatic carbocycles. The van der Waals surface area contributed by atoms with Crippen LogP contribution in [0.4, 0.5) is 0 Å². The molecule has 4 heteroatoms. The highest BCUT2D eigenvalue weighted by molar-refractivity contribution is 5.87. The van der Waals surface area contributed by atoms with Crippen molar-refractivity contribution in [1.82, 2.24) is 4.90 Å². The number of carbonyl (C=O) groups is 2. The number of piperidine rings is 1. The maximum Gasteiger partial charge on any atom is 0.335 e. The Morgan fingerprint density at radius 3 is 2.75 bits per heavy atom. The molecule has 20 heavy (non-hydrogen) atoms. The predicted octanol–water partition coefficient (Wildman–Crippen LogP) is 2.75. The first kappa shape index (κ1) is 14.6. The molecule has 0 bridgehead atoms.